The molecule has 1 aliphatic heterocycles. The first-order chi connectivity index (χ1) is 8.56. The first-order valence-corrected chi connectivity index (χ1v) is 7.52. The van der Waals surface area contributed by atoms with Crippen molar-refractivity contribution in [1.29, 1.82) is 0 Å². The second kappa shape index (κ2) is 6.05. The number of rotatable bonds is 3. The summed E-state index contributed by atoms with van der Waals surface area (Å²) in [7, 11) is 0. The Labute approximate surface area is 111 Å². The first kappa shape index (κ1) is 13.9. The number of hydrogen-bond acceptors (Lipinski definition) is 2. The van der Waals surface area contributed by atoms with Crippen LogP contribution in [0, 0.1) is 17.8 Å². The van der Waals surface area contributed by atoms with Crippen LogP contribution in [-0.2, 0) is 4.79 Å². The van der Waals surface area contributed by atoms with E-state index in [0.29, 0.717) is 18.4 Å². The number of hydrogen-bond donors (Lipinski definition) is 1. The molecule has 0 aromatic carbocycles. The molecule has 0 amide bonds. The van der Waals surface area contributed by atoms with E-state index < -0.39 is 5.97 Å². The van der Waals surface area contributed by atoms with Gasteiger partial charge in [0.1, 0.15) is 0 Å². The van der Waals surface area contributed by atoms with Crippen molar-refractivity contribution < 1.29 is 9.90 Å². The van der Waals surface area contributed by atoms with E-state index in [2.05, 4.69) is 18.7 Å². The molecule has 3 nitrogen and oxygen atoms in total. The molecule has 1 saturated heterocycles. The Morgan fingerprint density at radius 1 is 1.28 bits per heavy atom. The molecule has 1 N–H and O–H groups in total. The fraction of sp³-hybridized carbons (Fsp3) is 0.933. The predicted octanol–water partition coefficient (Wildman–Crippen LogP) is 3.00. The summed E-state index contributed by atoms with van der Waals surface area (Å²) in [6.07, 6.45) is 6.64. The molecule has 4 atom stereocenters. The third kappa shape index (κ3) is 3.47. The van der Waals surface area contributed by atoms with Gasteiger partial charge in [-0.25, -0.2) is 0 Å². The van der Waals surface area contributed by atoms with Crippen LogP contribution in [0.4, 0.5) is 0 Å². The van der Waals surface area contributed by atoms with Crippen LogP contribution in [0.25, 0.3) is 0 Å². The Hall–Kier alpha value is -0.570. The normalized spacial score (nSPS) is 38.6. The van der Waals surface area contributed by atoms with E-state index in [1.807, 2.05) is 0 Å². The molecule has 1 aliphatic carbocycles. The highest BCUT2D eigenvalue weighted by Crippen LogP contribution is 2.34. The van der Waals surface area contributed by atoms with Gasteiger partial charge in [0.05, 0.1) is 0 Å². The molecule has 0 aromatic heterocycles. The Morgan fingerprint density at radius 2 is 2.06 bits per heavy atom. The molecule has 104 valence electrons. The second-order valence-electron chi connectivity index (χ2n) is 6.56. The lowest BCUT2D eigenvalue weighted by Gasteiger charge is -2.44. The lowest BCUT2D eigenvalue weighted by molar-refractivity contribution is -0.138. The van der Waals surface area contributed by atoms with Gasteiger partial charge in [-0.2, -0.15) is 0 Å². The maximum atomic E-state index is 10.8. The SMILES string of the molecule is CC1CCC(C)C(N2CCCC(CC(=O)O)C2)C1. The molecule has 2 aliphatic rings. The van der Waals surface area contributed by atoms with Crippen LogP contribution >= 0.6 is 0 Å². The molecule has 3 heteroatoms. The van der Waals surface area contributed by atoms with Crippen molar-refractivity contribution in [3.63, 3.8) is 0 Å². The average molecular weight is 253 g/mol. The van der Waals surface area contributed by atoms with Crippen LogP contribution in [-0.4, -0.2) is 35.1 Å². The highest BCUT2D eigenvalue weighted by atomic mass is 16.4. The Kier molecular flexibility index (Phi) is 4.66. The summed E-state index contributed by atoms with van der Waals surface area (Å²) in [5.41, 5.74) is 0. The van der Waals surface area contributed by atoms with Crippen molar-refractivity contribution in [2.45, 2.75) is 58.4 Å². The third-order valence-electron chi connectivity index (χ3n) is 4.90. The molecule has 0 aromatic rings. The van der Waals surface area contributed by atoms with E-state index in [4.69, 9.17) is 5.11 Å². The van der Waals surface area contributed by atoms with Crippen molar-refractivity contribution >= 4 is 5.97 Å². The number of piperidine rings is 1. The van der Waals surface area contributed by atoms with Gasteiger partial charge in [0.2, 0.25) is 0 Å². The minimum absolute atomic E-state index is 0.354. The van der Waals surface area contributed by atoms with Gasteiger partial charge in [0.25, 0.3) is 0 Å². The summed E-state index contributed by atoms with van der Waals surface area (Å²) in [5, 5.41) is 8.94. The summed E-state index contributed by atoms with van der Waals surface area (Å²) in [4.78, 5) is 13.4. The topological polar surface area (TPSA) is 40.5 Å². The second-order valence-corrected chi connectivity index (χ2v) is 6.56. The monoisotopic (exact) mass is 253 g/mol. The smallest absolute Gasteiger partial charge is 0.303 e. The van der Waals surface area contributed by atoms with Crippen LogP contribution in [0.2, 0.25) is 0 Å². The molecule has 0 spiro atoms. The fourth-order valence-corrected chi connectivity index (χ4v) is 3.82. The van der Waals surface area contributed by atoms with Gasteiger partial charge in [-0.1, -0.05) is 20.3 Å². The first-order valence-electron chi connectivity index (χ1n) is 7.52. The number of carboxylic acid groups (broad SMARTS) is 1. The van der Waals surface area contributed by atoms with Gasteiger partial charge >= 0.3 is 5.97 Å². The Morgan fingerprint density at radius 3 is 2.78 bits per heavy atom. The zero-order valence-corrected chi connectivity index (χ0v) is 11.8. The number of likely N-dealkylation sites (tertiary alicyclic amines) is 1. The molecule has 1 heterocycles. The van der Waals surface area contributed by atoms with Crippen LogP contribution < -0.4 is 0 Å². The van der Waals surface area contributed by atoms with Crippen molar-refractivity contribution in [1.82, 2.24) is 4.90 Å². The highest BCUT2D eigenvalue weighted by Gasteiger charge is 2.33. The number of carboxylic acids is 1. The quantitative estimate of drug-likeness (QED) is 0.840. The summed E-state index contributed by atoms with van der Waals surface area (Å²) in [6, 6.07) is 0.699. The van der Waals surface area contributed by atoms with Crippen molar-refractivity contribution in [3.05, 3.63) is 0 Å². The lowest BCUT2D eigenvalue weighted by atomic mass is 9.78. The van der Waals surface area contributed by atoms with Crippen molar-refractivity contribution in [3.8, 4) is 0 Å². The fourth-order valence-electron chi connectivity index (χ4n) is 3.82. The summed E-state index contributed by atoms with van der Waals surface area (Å²) in [6.45, 7) is 6.92. The van der Waals surface area contributed by atoms with Crippen LogP contribution in [0.1, 0.15) is 52.4 Å². The number of carbonyl (C=O) groups is 1. The molecular formula is C15H27NO2. The highest BCUT2D eigenvalue weighted by molar-refractivity contribution is 5.67. The largest absolute Gasteiger partial charge is 0.481 e. The van der Waals surface area contributed by atoms with E-state index in [-0.39, 0.29) is 0 Å². The zero-order valence-electron chi connectivity index (χ0n) is 11.8. The van der Waals surface area contributed by atoms with E-state index >= 15 is 0 Å². The maximum Gasteiger partial charge on any atom is 0.303 e. The molecule has 4 unspecified atom stereocenters. The Balaban J connectivity index is 1.92. The van der Waals surface area contributed by atoms with Crippen LogP contribution in [0.15, 0.2) is 0 Å². The molecule has 0 bridgehead atoms. The van der Waals surface area contributed by atoms with Crippen molar-refractivity contribution in [2.75, 3.05) is 13.1 Å². The molecule has 18 heavy (non-hydrogen) atoms. The zero-order chi connectivity index (χ0) is 13.1. The van der Waals surface area contributed by atoms with E-state index in [1.54, 1.807) is 0 Å². The molecule has 0 radical (unpaired) electrons. The summed E-state index contributed by atoms with van der Waals surface area (Å²) in [5.74, 6) is 1.36. The Bertz CT molecular complexity index is 292. The number of aliphatic carboxylic acids is 1. The predicted molar refractivity (Wildman–Crippen MR) is 72.5 cm³/mol. The minimum Gasteiger partial charge on any atom is -0.481 e. The molecule has 1 saturated carbocycles. The van der Waals surface area contributed by atoms with Gasteiger partial charge in [0.15, 0.2) is 0 Å². The van der Waals surface area contributed by atoms with Crippen LogP contribution in [0.3, 0.4) is 0 Å². The van der Waals surface area contributed by atoms with Gasteiger partial charge in [-0.15, -0.1) is 0 Å². The molecule has 2 fully saturated rings. The van der Waals surface area contributed by atoms with Gasteiger partial charge in [-0.3, -0.25) is 9.69 Å². The maximum absolute atomic E-state index is 10.8. The van der Waals surface area contributed by atoms with Gasteiger partial charge in [-0.05, 0) is 50.0 Å². The minimum atomic E-state index is -0.632. The molecule has 2 rings (SSSR count). The van der Waals surface area contributed by atoms with E-state index in [1.165, 1.54) is 32.2 Å². The number of nitrogens with zero attached hydrogens (tertiary/aromatic N) is 1. The van der Waals surface area contributed by atoms with Gasteiger partial charge < -0.3 is 5.11 Å². The summed E-state index contributed by atoms with van der Waals surface area (Å²) >= 11 is 0. The third-order valence-corrected chi connectivity index (χ3v) is 4.90. The average Bonchev–Trinajstić information content (AvgIpc) is 2.32. The standard InChI is InChI=1S/C15H27NO2/c1-11-5-6-12(2)14(8-11)16-7-3-4-13(10-16)9-15(17)18/h11-14H,3-10H2,1-2H3,(H,17,18). The molecular weight excluding hydrogens is 226 g/mol. The van der Waals surface area contributed by atoms with Crippen molar-refractivity contribution in [2.24, 2.45) is 17.8 Å². The van der Waals surface area contributed by atoms with Gasteiger partial charge in [0, 0.05) is 19.0 Å². The lowest BCUT2D eigenvalue weighted by Crippen LogP contribution is -2.48. The van der Waals surface area contributed by atoms with E-state index in [9.17, 15) is 4.79 Å². The summed E-state index contributed by atoms with van der Waals surface area (Å²) < 4.78 is 0. The van der Waals surface area contributed by atoms with E-state index in [0.717, 1.165) is 24.8 Å². The van der Waals surface area contributed by atoms with Crippen LogP contribution in [0.5, 0.6) is 0 Å².